The van der Waals surface area contributed by atoms with Crippen LogP contribution in [0.15, 0.2) is 41.3 Å². The van der Waals surface area contributed by atoms with Crippen molar-refractivity contribution in [3.63, 3.8) is 0 Å². The second-order valence-corrected chi connectivity index (χ2v) is 8.85. The first-order valence-electron chi connectivity index (χ1n) is 9.39. The topological polar surface area (TPSA) is 148 Å². The number of rotatable bonds is 9. The summed E-state index contributed by atoms with van der Waals surface area (Å²) in [6.07, 6.45) is 0. The summed E-state index contributed by atoms with van der Waals surface area (Å²) in [5.74, 6) is -1.56. The number of esters is 1. The summed E-state index contributed by atoms with van der Waals surface area (Å²) in [7, 11) is -1.06. The summed E-state index contributed by atoms with van der Waals surface area (Å²) in [6, 6.07) is 8.75. The lowest BCUT2D eigenvalue weighted by Gasteiger charge is -2.14. The predicted octanol–water partition coefficient (Wildman–Crippen LogP) is 1.74. The van der Waals surface area contributed by atoms with Gasteiger partial charge in [-0.25, -0.2) is 8.42 Å². The third-order valence-electron chi connectivity index (χ3n) is 4.59. The van der Waals surface area contributed by atoms with E-state index in [-0.39, 0.29) is 10.6 Å². The van der Waals surface area contributed by atoms with E-state index in [4.69, 9.17) is 4.74 Å². The molecule has 0 heterocycles. The van der Waals surface area contributed by atoms with Crippen molar-refractivity contribution in [2.75, 3.05) is 37.5 Å². The van der Waals surface area contributed by atoms with Crippen LogP contribution in [0.2, 0.25) is 0 Å². The number of nitro benzene ring substituents is 1. The van der Waals surface area contributed by atoms with Crippen molar-refractivity contribution >= 4 is 39.0 Å². The van der Waals surface area contributed by atoms with Gasteiger partial charge in [-0.3, -0.25) is 19.7 Å². The van der Waals surface area contributed by atoms with Gasteiger partial charge in [0.15, 0.2) is 6.61 Å². The molecule has 0 saturated carbocycles. The van der Waals surface area contributed by atoms with E-state index in [1.165, 1.54) is 17.0 Å². The third kappa shape index (κ3) is 6.25. The standard InChI is InChI=1S/C20H24N4O7S/c1-13-6-5-7-16(14(13)2)22-19(25)12-31-20(26)11-21-32(29,30)15-8-9-17(23(3)4)18(10-15)24(27)28/h5-10,21H,11-12H2,1-4H3,(H,22,25). The van der Waals surface area contributed by atoms with E-state index in [0.29, 0.717) is 5.69 Å². The fourth-order valence-electron chi connectivity index (χ4n) is 2.70. The molecule has 32 heavy (non-hydrogen) atoms. The molecule has 0 aliphatic carbocycles. The van der Waals surface area contributed by atoms with Gasteiger partial charge >= 0.3 is 5.97 Å². The number of sulfonamides is 1. The highest BCUT2D eigenvalue weighted by atomic mass is 32.2. The molecule has 2 aromatic rings. The summed E-state index contributed by atoms with van der Waals surface area (Å²) < 4.78 is 31.6. The van der Waals surface area contributed by atoms with Gasteiger partial charge < -0.3 is 15.0 Å². The number of hydrogen-bond acceptors (Lipinski definition) is 8. The summed E-state index contributed by atoms with van der Waals surface area (Å²) in [5.41, 5.74) is 2.25. The summed E-state index contributed by atoms with van der Waals surface area (Å²) in [6.45, 7) is 2.38. The lowest BCUT2D eigenvalue weighted by atomic mass is 10.1. The lowest BCUT2D eigenvalue weighted by molar-refractivity contribution is -0.384. The summed E-state index contributed by atoms with van der Waals surface area (Å²) >= 11 is 0. The van der Waals surface area contributed by atoms with E-state index < -0.39 is 45.7 Å². The van der Waals surface area contributed by atoms with E-state index in [2.05, 4.69) is 5.32 Å². The van der Waals surface area contributed by atoms with Gasteiger partial charge in [0.1, 0.15) is 12.2 Å². The highest BCUT2D eigenvalue weighted by molar-refractivity contribution is 7.89. The number of amides is 1. The molecule has 0 bridgehead atoms. The van der Waals surface area contributed by atoms with Crippen LogP contribution in [0, 0.1) is 24.0 Å². The van der Waals surface area contributed by atoms with Crippen molar-refractivity contribution in [2.24, 2.45) is 0 Å². The van der Waals surface area contributed by atoms with Crippen LogP contribution in [0.25, 0.3) is 0 Å². The molecular weight excluding hydrogens is 440 g/mol. The number of benzene rings is 2. The number of carbonyl (C=O) groups is 2. The van der Waals surface area contributed by atoms with Gasteiger partial charge in [0.05, 0.1) is 9.82 Å². The molecule has 0 fully saturated rings. The van der Waals surface area contributed by atoms with Crippen molar-refractivity contribution in [1.82, 2.24) is 4.72 Å². The zero-order valence-corrected chi connectivity index (χ0v) is 18.9. The number of carbonyl (C=O) groups excluding carboxylic acids is 2. The van der Waals surface area contributed by atoms with Crippen LogP contribution in [-0.4, -0.2) is 52.5 Å². The van der Waals surface area contributed by atoms with E-state index in [0.717, 1.165) is 17.2 Å². The first-order valence-corrected chi connectivity index (χ1v) is 10.9. The molecule has 0 radical (unpaired) electrons. The lowest BCUT2D eigenvalue weighted by Crippen LogP contribution is -2.32. The Morgan fingerprint density at radius 1 is 1.16 bits per heavy atom. The molecule has 2 aromatic carbocycles. The Bertz CT molecular complexity index is 1150. The van der Waals surface area contributed by atoms with Crippen LogP contribution in [0.3, 0.4) is 0 Å². The molecule has 0 spiro atoms. The maximum Gasteiger partial charge on any atom is 0.321 e. The Hall–Kier alpha value is -3.51. The van der Waals surface area contributed by atoms with Crippen LogP contribution in [0.5, 0.6) is 0 Å². The van der Waals surface area contributed by atoms with Crippen molar-refractivity contribution in [3.05, 3.63) is 57.6 Å². The van der Waals surface area contributed by atoms with Crippen molar-refractivity contribution < 1.29 is 27.7 Å². The highest BCUT2D eigenvalue weighted by Crippen LogP contribution is 2.29. The largest absolute Gasteiger partial charge is 0.455 e. The van der Waals surface area contributed by atoms with Crippen molar-refractivity contribution in [2.45, 2.75) is 18.7 Å². The number of anilines is 2. The number of aryl methyl sites for hydroxylation is 1. The maximum atomic E-state index is 12.4. The molecule has 11 nitrogen and oxygen atoms in total. The molecular formula is C20H24N4O7S. The molecule has 0 saturated heterocycles. The van der Waals surface area contributed by atoms with E-state index >= 15 is 0 Å². The fraction of sp³-hybridized carbons (Fsp3) is 0.300. The second-order valence-electron chi connectivity index (χ2n) is 7.08. The molecule has 0 aliphatic heterocycles. The highest BCUT2D eigenvalue weighted by Gasteiger charge is 2.23. The monoisotopic (exact) mass is 464 g/mol. The van der Waals surface area contributed by atoms with Gasteiger partial charge in [0.2, 0.25) is 10.0 Å². The van der Waals surface area contributed by atoms with Crippen LogP contribution in [0.4, 0.5) is 17.1 Å². The minimum Gasteiger partial charge on any atom is -0.455 e. The van der Waals surface area contributed by atoms with Crippen LogP contribution in [0.1, 0.15) is 11.1 Å². The van der Waals surface area contributed by atoms with Gasteiger partial charge in [-0.05, 0) is 43.2 Å². The Morgan fingerprint density at radius 3 is 2.47 bits per heavy atom. The molecule has 12 heteroatoms. The Morgan fingerprint density at radius 2 is 1.84 bits per heavy atom. The number of nitro groups is 1. The van der Waals surface area contributed by atoms with Gasteiger partial charge in [-0.15, -0.1) is 0 Å². The number of hydrogen-bond donors (Lipinski definition) is 2. The molecule has 0 aliphatic rings. The molecule has 1 amide bonds. The zero-order valence-electron chi connectivity index (χ0n) is 18.0. The molecule has 172 valence electrons. The van der Waals surface area contributed by atoms with E-state index in [1.807, 2.05) is 24.6 Å². The quantitative estimate of drug-likeness (QED) is 0.324. The first kappa shape index (κ1) is 24.8. The van der Waals surface area contributed by atoms with Crippen molar-refractivity contribution in [1.29, 1.82) is 0 Å². The van der Waals surface area contributed by atoms with E-state index in [1.54, 1.807) is 26.2 Å². The number of ether oxygens (including phenoxy) is 1. The van der Waals surface area contributed by atoms with Crippen molar-refractivity contribution in [3.8, 4) is 0 Å². The normalized spacial score (nSPS) is 11.0. The smallest absolute Gasteiger partial charge is 0.321 e. The third-order valence-corrected chi connectivity index (χ3v) is 5.98. The van der Waals surface area contributed by atoms with E-state index in [9.17, 15) is 28.1 Å². The molecule has 0 unspecified atom stereocenters. The van der Waals surface area contributed by atoms with Crippen LogP contribution in [-0.2, 0) is 24.3 Å². The molecule has 2 rings (SSSR count). The minimum atomic E-state index is -4.23. The second kappa shape index (κ2) is 10.2. The van der Waals surface area contributed by atoms with Crippen LogP contribution >= 0.6 is 0 Å². The Kier molecular flexibility index (Phi) is 7.89. The molecule has 0 atom stereocenters. The minimum absolute atomic E-state index is 0.225. The number of nitrogens with zero attached hydrogens (tertiary/aromatic N) is 2. The van der Waals surface area contributed by atoms with Gasteiger partial charge in [0.25, 0.3) is 11.6 Å². The Labute approximate surface area is 185 Å². The van der Waals surface area contributed by atoms with Crippen LogP contribution < -0.4 is 14.9 Å². The van der Waals surface area contributed by atoms with Gasteiger partial charge in [-0.1, -0.05) is 12.1 Å². The molecule has 2 N–H and O–H groups in total. The Balaban J connectivity index is 1.95. The fourth-order valence-corrected chi connectivity index (χ4v) is 3.69. The number of nitrogens with one attached hydrogen (secondary N) is 2. The summed E-state index contributed by atoms with van der Waals surface area (Å²) in [5, 5.41) is 13.9. The summed E-state index contributed by atoms with van der Waals surface area (Å²) in [4.78, 5) is 35.5. The SMILES string of the molecule is Cc1cccc(NC(=O)COC(=O)CNS(=O)(=O)c2ccc(N(C)C)c([N+](=O)[O-])c2)c1C. The predicted molar refractivity (Wildman–Crippen MR) is 118 cm³/mol. The maximum absolute atomic E-state index is 12.4. The van der Waals surface area contributed by atoms with Gasteiger partial charge in [0, 0.05) is 25.8 Å². The zero-order chi connectivity index (χ0) is 24.1. The average molecular weight is 465 g/mol. The van der Waals surface area contributed by atoms with Gasteiger partial charge in [-0.2, -0.15) is 4.72 Å². The first-order chi connectivity index (χ1) is 14.9. The molecule has 0 aromatic heterocycles. The average Bonchev–Trinajstić information content (AvgIpc) is 2.73.